The number of aryl methyl sites for hydroxylation is 1. The van der Waals surface area contributed by atoms with Crippen molar-refractivity contribution in [2.75, 3.05) is 18.5 Å². The molecule has 0 radical (unpaired) electrons. The highest BCUT2D eigenvalue weighted by molar-refractivity contribution is 7.17. The van der Waals surface area contributed by atoms with Crippen molar-refractivity contribution >= 4 is 49.8 Å². The summed E-state index contributed by atoms with van der Waals surface area (Å²) in [7, 11) is 0. The molecule has 0 aliphatic carbocycles. The van der Waals surface area contributed by atoms with Crippen LogP contribution in [0.25, 0.3) is 32.5 Å². The number of nitrogens with zero attached hydrogens (tertiary/aromatic N) is 2. The fourth-order valence-corrected chi connectivity index (χ4v) is 6.19. The van der Waals surface area contributed by atoms with Gasteiger partial charge in [-0.05, 0) is 44.0 Å². The summed E-state index contributed by atoms with van der Waals surface area (Å²) in [5.41, 5.74) is 4.20. The lowest BCUT2D eigenvalue weighted by Gasteiger charge is -2.10. The molecule has 0 saturated heterocycles. The van der Waals surface area contributed by atoms with Gasteiger partial charge in [-0.1, -0.05) is 42.0 Å². The minimum atomic E-state index is -0.520. The lowest BCUT2D eigenvalue weighted by atomic mass is 10.0. The number of thiophene rings is 2. The minimum Gasteiger partial charge on any atom is -0.494 e. The van der Waals surface area contributed by atoms with Crippen LogP contribution >= 0.6 is 22.7 Å². The predicted molar refractivity (Wildman–Crippen MR) is 160 cm³/mol. The van der Waals surface area contributed by atoms with Gasteiger partial charge in [-0.25, -0.2) is 9.78 Å². The van der Waals surface area contributed by atoms with E-state index in [1.807, 2.05) is 73.1 Å². The summed E-state index contributed by atoms with van der Waals surface area (Å²) in [6, 6.07) is 15.3. The molecule has 3 aromatic heterocycles. The lowest BCUT2D eigenvalue weighted by Crippen LogP contribution is -2.28. The van der Waals surface area contributed by atoms with Gasteiger partial charge in [0, 0.05) is 21.9 Å². The Balaban J connectivity index is 1.42. The number of carbonyl (C=O) groups is 2. The van der Waals surface area contributed by atoms with Gasteiger partial charge < -0.3 is 14.8 Å². The standard InChI is InChI=1S/C30H27N3O5S2/c1-4-37-21-12-10-20(11-13-21)22-15-39-27-25(22)29(35)33(17-31-27)14-24(34)32-28-26(30(36)38-5-2)23(16-40-28)19-8-6-18(3)7-9-19/h6-13,15-17H,4-5,14H2,1-3H3,(H,32,34). The number of carbonyl (C=O) groups excluding carboxylic acids is 2. The highest BCUT2D eigenvalue weighted by atomic mass is 32.1. The zero-order valence-corrected chi connectivity index (χ0v) is 23.9. The molecular formula is C30H27N3O5S2. The van der Waals surface area contributed by atoms with Crippen LogP contribution in [-0.2, 0) is 16.1 Å². The van der Waals surface area contributed by atoms with Gasteiger partial charge in [-0.3, -0.25) is 14.2 Å². The van der Waals surface area contributed by atoms with E-state index in [0.717, 1.165) is 28.0 Å². The average molecular weight is 574 g/mol. The SMILES string of the molecule is CCOC(=O)c1c(-c2ccc(C)cc2)csc1NC(=O)Cn1cnc2scc(-c3ccc(OCC)cc3)c2c1=O. The molecule has 3 heterocycles. The van der Waals surface area contributed by atoms with Crippen molar-refractivity contribution in [1.29, 1.82) is 0 Å². The second-order valence-electron chi connectivity index (χ2n) is 8.95. The first-order valence-corrected chi connectivity index (χ1v) is 14.5. The Morgan fingerprint density at radius 3 is 2.30 bits per heavy atom. The van der Waals surface area contributed by atoms with Crippen LogP contribution < -0.4 is 15.6 Å². The average Bonchev–Trinajstić information content (AvgIpc) is 3.56. The molecular weight excluding hydrogens is 546 g/mol. The maximum Gasteiger partial charge on any atom is 0.341 e. The summed E-state index contributed by atoms with van der Waals surface area (Å²) in [4.78, 5) is 44.5. The fourth-order valence-electron chi connectivity index (χ4n) is 4.31. The Labute approximate surface area is 238 Å². The number of fused-ring (bicyclic) bond motifs is 1. The van der Waals surface area contributed by atoms with Crippen molar-refractivity contribution in [3.63, 3.8) is 0 Å². The topological polar surface area (TPSA) is 99.5 Å². The van der Waals surface area contributed by atoms with Gasteiger partial charge in [0.1, 0.15) is 27.7 Å². The molecule has 0 saturated carbocycles. The molecule has 8 nitrogen and oxygen atoms in total. The normalized spacial score (nSPS) is 11.0. The number of benzene rings is 2. The number of anilines is 1. The Hall–Kier alpha value is -4.28. The summed E-state index contributed by atoms with van der Waals surface area (Å²) in [5, 5.41) is 7.35. The number of ether oxygens (including phenoxy) is 2. The maximum atomic E-state index is 13.5. The van der Waals surface area contributed by atoms with E-state index in [4.69, 9.17) is 9.47 Å². The second kappa shape index (κ2) is 11.8. The third-order valence-corrected chi connectivity index (χ3v) is 8.02. The summed E-state index contributed by atoms with van der Waals surface area (Å²) >= 11 is 2.61. The van der Waals surface area contributed by atoms with E-state index in [9.17, 15) is 14.4 Å². The van der Waals surface area contributed by atoms with E-state index in [1.54, 1.807) is 6.92 Å². The molecule has 0 aliphatic rings. The van der Waals surface area contributed by atoms with Crippen LogP contribution in [0.4, 0.5) is 5.00 Å². The van der Waals surface area contributed by atoms with E-state index in [-0.39, 0.29) is 18.7 Å². The molecule has 2 aromatic carbocycles. The molecule has 40 heavy (non-hydrogen) atoms. The zero-order valence-electron chi connectivity index (χ0n) is 22.2. The van der Waals surface area contributed by atoms with Crippen LogP contribution in [0, 0.1) is 6.92 Å². The summed E-state index contributed by atoms with van der Waals surface area (Å²) < 4.78 is 12.1. The van der Waals surface area contributed by atoms with Gasteiger partial charge in [0.15, 0.2) is 0 Å². The monoisotopic (exact) mass is 573 g/mol. The van der Waals surface area contributed by atoms with E-state index in [0.29, 0.717) is 33.0 Å². The van der Waals surface area contributed by atoms with Crippen LogP contribution in [0.2, 0.25) is 0 Å². The Kier molecular flexibility index (Phi) is 8.09. The first kappa shape index (κ1) is 27.3. The number of hydrogen-bond donors (Lipinski definition) is 1. The predicted octanol–water partition coefficient (Wildman–Crippen LogP) is 6.38. The molecule has 0 atom stereocenters. The highest BCUT2D eigenvalue weighted by Crippen LogP contribution is 2.36. The maximum absolute atomic E-state index is 13.5. The number of esters is 1. The van der Waals surface area contributed by atoms with E-state index < -0.39 is 11.9 Å². The second-order valence-corrected chi connectivity index (χ2v) is 10.7. The van der Waals surface area contributed by atoms with Crippen LogP contribution in [0.5, 0.6) is 5.75 Å². The molecule has 0 fully saturated rings. The van der Waals surface area contributed by atoms with E-state index >= 15 is 0 Å². The molecule has 5 rings (SSSR count). The summed E-state index contributed by atoms with van der Waals surface area (Å²) in [6.45, 7) is 6.14. The number of aromatic nitrogens is 2. The molecule has 0 unspecified atom stereocenters. The van der Waals surface area contributed by atoms with Crippen molar-refractivity contribution in [2.45, 2.75) is 27.3 Å². The third-order valence-electron chi connectivity index (χ3n) is 6.24. The van der Waals surface area contributed by atoms with Crippen molar-refractivity contribution < 1.29 is 19.1 Å². The van der Waals surface area contributed by atoms with Crippen LogP contribution in [0.15, 0.2) is 70.4 Å². The molecule has 5 aromatic rings. The van der Waals surface area contributed by atoms with Gasteiger partial charge in [-0.15, -0.1) is 22.7 Å². The van der Waals surface area contributed by atoms with Crippen molar-refractivity contribution in [3.8, 4) is 28.0 Å². The first-order valence-electron chi connectivity index (χ1n) is 12.7. The van der Waals surface area contributed by atoms with Crippen LogP contribution in [0.1, 0.15) is 29.8 Å². The Morgan fingerprint density at radius 1 is 0.925 bits per heavy atom. The number of rotatable bonds is 9. The van der Waals surface area contributed by atoms with Crippen LogP contribution in [0.3, 0.4) is 0 Å². The van der Waals surface area contributed by atoms with Gasteiger partial charge in [0.2, 0.25) is 5.91 Å². The Morgan fingerprint density at radius 2 is 1.60 bits per heavy atom. The third kappa shape index (κ3) is 5.54. The highest BCUT2D eigenvalue weighted by Gasteiger charge is 2.23. The van der Waals surface area contributed by atoms with Gasteiger partial charge in [0.25, 0.3) is 5.56 Å². The first-order chi connectivity index (χ1) is 19.4. The van der Waals surface area contributed by atoms with Gasteiger partial charge in [-0.2, -0.15) is 0 Å². The van der Waals surface area contributed by atoms with Gasteiger partial charge in [0.05, 0.1) is 24.9 Å². The molecule has 1 N–H and O–H groups in total. The molecule has 0 bridgehead atoms. The number of amides is 1. The van der Waals surface area contributed by atoms with E-state index in [2.05, 4.69) is 10.3 Å². The minimum absolute atomic E-state index is 0.202. The molecule has 10 heteroatoms. The molecule has 204 valence electrons. The van der Waals surface area contributed by atoms with Crippen molar-refractivity contribution in [3.05, 3.63) is 87.1 Å². The quantitative estimate of drug-likeness (QED) is 0.206. The number of hydrogen-bond acceptors (Lipinski definition) is 8. The van der Waals surface area contributed by atoms with Crippen LogP contribution in [-0.4, -0.2) is 34.6 Å². The Bertz CT molecular complexity index is 1730. The fraction of sp³-hybridized carbons (Fsp3) is 0.200. The molecule has 0 aliphatic heterocycles. The van der Waals surface area contributed by atoms with Crippen molar-refractivity contribution in [1.82, 2.24) is 9.55 Å². The largest absolute Gasteiger partial charge is 0.494 e. The van der Waals surface area contributed by atoms with Gasteiger partial charge >= 0.3 is 5.97 Å². The van der Waals surface area contributed by atoms with E-state index in [1.165, 1.54) is 33.6 Å². The molecule has 0 spiro atoms. The zero-order chi connectivity index (χ0) is 28.2. The van der Waals surface area contributed by atoms with Crippen molar-refractivity contribution in [2.24, 2.45) is 0 Å². The smallest absolute Gasteiger partial charge is 0.341 e. The summed E-state index contributed by atoms with van der Waals surface area (Å²) in [6.07, 6.45) is 1.38. The molecule has 1 amide bonds. The lowest BCUT2D eigenvalue weighted by molar-refractivity contribution is -0.116. The summed E-state index contributed by atoms with van der Waals surface area (Å²) in [5.74, 6) is -0.226. The number of nitrogens with one attached hydrogen (secondary N) is 1.